The Balaban J connectivity index is 2.20. The highest BCUT2D eigenvalue weighted by Gasteiger charge is 2.20. The Kier molecular flexibility index (Phi) is 6.65. The molecule has 3 atom stereocenters. The maximum Gasteiger partial charge on any atom is 0.237 e. The molecule has 1 fully saturated rings. The van der Waals surface area contributed by atoms with Crippen molar-refractivity contribution in [3.05, 3.63) is 0 Å². The summed E-state index contributed by atoms with van der Waals surface area (Å²) >= 11 is 0. The van der Waals surface area contributed by atoms with Crippen molar-refractivity contribution in [2.45, 2.75) is 46.1 Å². The van der Waals surface area contributed by atoms with Gasteiger partial charge in [0.1, 0.15) is 0 Å². The van der Waals surface area contributed by atoms with Crippen LogP contribution in [0.5, 0.6) is 0 Å². The van der Waals surface area contributed by atoms with E-state index in [2.05, 4.69) is 24.1 Å². The normalized spacial score (nSPS) is 21.6. The minimum atomic E-state index is -0.367. The molecule has 1 aliphatic rings. The lowest BCUT2D eigenvalue weighted by molar-refractivity contribution is -0.123. The number of likely N-dealkylation sites (tertiary alicyclic amines) is 1. The van der Waals surface area contributed by atoms with Crippen molar-refractivity contribution in [2.24, 2.45) is 17.6 Å². The van der Waals surface area contributed by atoms with Crippen molar-refractivity contribution < 1.29 is 4.79 Å². The smallest absolute Gasteiger partial charge is 0.237 e. The highest BCUT2D eigenvalue weighted by molar-refractivity contribution is 5.81. The Morgan fingerprint density at radius 3 is 2.50 bits per heavy atom. The summed E-state index contributed by atoms with van der Waals surface area (Å²) in [5.74, 6) is 0.743. The summed E-state index contributed by atoms with van der Waals surface area (Å²) in [5.41, 5.74) is 5.90. The largest absolute Gasteiger partial charge is 0.354 e. The van der Waals surface area contributed by atoms with Gasteiger partial charge in [-0.05, 0) is 37.8 Å². The van der Waals surface area contributed by atoms with Crippen molar-refractivity contribution >= 4 is 5.91 Å². The van der Waals surface area contributed by atoms with Gasteiger partial charge in [-0.25, -0.2) is 0 Å². The second-order valence-electron chi connectivity index (χ2n) is 5.77. The van der Waals surface area contributed by atoms with Gasteiger partial charge in [-0.1, -0.05) is 27.2 Å². The first kappa shape index (κ1) is 15.4. The minimum Gasteiger partial charge on any atom is -0.354 e. The first-order valence-corrected chi connectivity index (χ1v) is 7.30. The Labute approximate surface area is 111 Å². The molecule has 0 radical (unpaired) electrons. The Bertz CT molecular complexity index is 251. The maximum absolute atomic E-state index is 11.8. The van der Waals surface area contributed by atoms with Gasteiger partial charge in [0.25, 0.3) is 0 Å². The maximum atomic E-state index is 11.8. The molecule has 0 saturated carbocycles. The Morgan fingerprint density at radius 2 is 1.94 bits per heavy atom. The topological polar surface area (TPSA) is 58.4 Å². The summed E-state index contributed by atoms with van der Waals surface area (Å²) in [7, 11) is 0. The zero-order chi connectivity index (χ0) is 13.5. The van der Waals surface area contributed by atoms with Crippen LogP contribution >= 0.6 is 0 Å². The number of carbonyl (C=O) groups excluding carboxylic acids is 1. The molecular weight excluding hydrogens is 226 g/mol. The number of carbonyl (C=O) groups is 1. The van der Waals surface area contributed by atoms with Gasteiger partial charge in [-0.3, -0.25) is 4.79 Å². The van der Waals surface area contributed by atoms with Gasteiger partial charge in [0.2, 0.25) is 5.91 Å². The molecule has 0 aromatic heterocycles. The summed E-state index contributed by atoms with van der Waals surface area (Å²) in [4.78, 5) is 14.3. The number of nitrogens with two attached hydrogens (primary N) is 1. The fraction of sp³-hybridized carbons (Fsp3) is 0.929. The molecule has 4 heteroatoms. The summed E-state index contributed by atoms with van der Waals surface area (Å²) in [5, 5.41) is 2.98. The molecular formula is C14H29N3O. The molecule has 4 nitrogen and oxygen atoms in total. The molecule has 18 heavy (non-hydrogen) atoms. The molecule has 0 aromatic carbocycles. The molecule has 1 rings (SSSR count). The van der Waals surface area contributed by atoms with E-state index in [4.69, 9.17) is 5.73 Å². The van der Waals surface area contributed by atoms with Crippen molar-refractivity contribution in [3.8, 4) is 0 Å². The van der Waals surface area contributed by atoms with Gasteiger partial charge in [-0.15, -0.1) is 0 Å². The van der Waals surface area contributed by atoms with Gasteiger partial charge in [0, 0.05) is 13.1 Å². The Morgan fingerprint density at radius 1 is 1.33 bits per heavy atom. The number of hydrogen-bond donors (Lipinski definition) is 2. The van der Waals surface area contributed by atoms with Crippen LogP contribution in [0.3, 0.4) is 0 Å². The third kappa shape index (κ3) is 4.94. The molecule has 1 heterocycles. The van der Waals surface area contributed by atoms with E-state index in [1.807, 2.05) is 6.92 Å². The molecule has 0 aromatic rings. The number of nitrogens with one attached hydrogen (secondary N) is 1. The molecule has 0 spiro atoms. The summed E-state index contributed by atoms with van der Waals surface area (Å²) < 4.78 is 0. The van der Waals surface area contributed by atoms with E-state index in [1.165, 1.54) is 25.9 Å². The Hall–Kier alpha value is -0.610. The van der Waals surface area contributed by atoms with Crippen molar-refractivity contribution in [1.82, 2.24) is 10.2 Å². The van der Waals surface area contributed by atoms with E-state index in [9.17, 15) is 4.79 Å². The van der Waals surface area contributed by atoms with Gasteiger partial charge in [-0.2, -0.15) is 0 Å². The lowest BCUT2D eigenvalue weighted by atomic mass is 9.99. The third-order valence-electron chi connectivity index (χ3n) is 3.95. The zero-order valence-electron chi connectivity index (χ0n) is 12.1. The highest BCUT2D eigenvalue weighted by Crippen LogP contribution is 2.10. The molecule has 0 bridgehead atoms. The van der Waals surface area contributed by atoms with Crippen LogP contribution in [-0.4, -0.2) is 43.0 Å². The monoisotopic (exact) mass is 255 g/mol. The quantitative estimate of drug-likeness (QED) is 0.719. The van der Waals surface area contributed by atoms with Gasteiger partial charge >= 0.3 is 0 Å². The van der Waals surface area contributed by atoms with Crippen LogP contribution in [-0.2, 0) is 4.79 Å². The number of nitrogens with zero attached hydrogens (tertiary/aromatic N) is 1. The standard InChI is InChI=1S/C14H29N3O/c1-4-12(3)13(15)14(18)16-9-11(2)10-17-7-5-6-8-17/h11-13H,4-10,15H2,1-3H3,(H,16,18). The third-order valence-corrected chi connectivity index (χ3v) is 3.95. The molecule has 3 unspecified atom stereocenters. The van der Waals surface area contributed by atoms with Gasteiger partial charge in [0.15, 0.2) is 0 Å². The lowest BCUT2D eigenvalue weighted by Gasteiger charge is -2.22. The fourth-order valence-electron chi connectivity index (χ4n) is 2.38. The lowest BCUT2D eigenvalue weighted by Crippen LogP contribution is -2.46. The van der Waals surface area contributed by atoms with Crippen LogP contribution in [0, 0.1) is 11.8 Å². The van der Waals surface area contributed by atoms with E-state index in [0.717, 1.165) is 19.5 Å². The average Bonchev–Trinajstić information content (AvgIpc) is 2.86. The van der Waals surface area contributed by atoms with Crippen molar-refractivity contribution in [3.63, 3.8) is 0 Å². The number of amides is 1. The van der Waals surface area contributed by atoms with Gasteiger partial charge < -0.3 is 16.0 Å². The van der Waals surface area contributed by atoms with Crippen LogP contribution in [0.2, 0.25) is 0 Å². The molecule has 106 valence electrons. The van der Waals surface area contributed by atoms with Crippen LogP contribution in [0.25, 0.3) is 0 Å². The van der Waals surface area contributed by atoms with E-state index in [1.54, 1.807) is 0 Å². The van der Waals surface area contributed by atoms with Crippen LogP contribution in [0.15, 0.2) is 0 Å². The summed E-state index contributed by atoms with van der Waals surface area (Å²) in [6, 6.07) is -0.367. The zero-order valence-corrected chi connectivity index (χ0v) is 12.1. The van der Waals surface area contributed by atoms with E-state index in [0.29, 0.717) is 5.92 Å². The molecule has 0 aliphatic carbocycles. The number of hydrogen-bond acceptors (Lipinski definition) is 3. The average molecular weight is 255 g/mol. The molecule has 1 amide bonds. The number of rotatable bonds is 7. The predicted octanol–water partition coefficient (Wildman–Crippen LogP) is 1.21. The summed E-state index contributed by atoms with van der Waals surface area (Å²) in [6.07, 6.45) is 3.58. The second-order valence-corrected chi connectivity index (χ2v) is 5.77. The summed E-state index contributed by atoms with van der Waals surface area (Å²) in [6.45, 7) is 10.5. The predicted molar refractivity (Wildman–Crippen MR) is 75.3 cm³/mol. The second kappa shape index (κ2) is 7.74. The highest BCUT2D eigenvalue weighted by atomic mass is 16.2. The van der Waals surface area contributed by atoms with Crippen LogP contribution in [0.4, 0.5) is 0 Å². The minimum absolute atomic E-state index is 0.00220. The SMILES string of the molecule is CCC(C)C(N)C(=O)NCC(C)CN1CCCC1. The van der Waals surface area contributed by atoms with E-state index in [-0.39, 0.29) is 17.9 Å². The van der Waals surface area contributed by atoms with Gasteiger partial charge in [0.05, 0.1) is 6.04 Å². The first-order valence-electron chi connectivity index (χ1n) is 7.30. The van der Waals surface area contributed by atoms with E-state index < -0.39 is 0 Å². The van der Waals surface area contributed by atoms with Crippen LogP contribution in [0.1, 0.15) is 40.0 Å². The van der Waals surface area contributed by atoms with Crippen molar-refractivity contribution in [1.29, 1.82) is 0 Å². The molecule has 3 N–H and O–H groups in total. The fourth-order valence-corrected chi connectivity index (χ4v) is 2.38. The first-order chi connectivity index (χ1) is 8.54. The van der Waals surface area contributed by atoms with E-state index >= 15 is 0 Å². The molecule has 1 saturated heterocycles. The molecule has 1 aliphatic heterocycles. The van der Waals surface area contributed by atoms with Crippen molar-refractivity contribution in [2.75, 3.05) is 26.2 Å². The van der Waals surface area contributed by atoms with Crippen LogP contribution < -0.4 is 11.1 Å².